The summed E-state index contributed by atoms with van der Waals surface area (Å²) in [4.78, 5) is 0.347. The third-order valence-corrected chi connectivity index (χ3v) is 6.67. The minimum atomic E-state index is -3.45. The fraction of sp³-hybridized carbons (Fsp3) is 0.647. The largest absolute Gasteiger partial charge is 0.496 e. The van der Waals surface area contributed by atoms with Crippen molar-refractivity contribution in [2.75, 3.05) is 7.11 Å². The summed E-state index contributed by atoms with van der Waals surface area (Å²) < 4.78 is 33.6. The molecule has 1 aromatic carbocycles. The van der Waals surface area contributed by atoms with Gasteiger partial charge in [0, 0.05) is 6.04 Å². The van der Waals surface area contributed by atoms with E-state index in [1.165, 1.54) is 12.8 Å². The standard InChI is InChI=1S/C17H25NO3S/c1-11(2)15-10-14(6-7-17(15)21-3)22(19,20)18-16-9-12-4-5-13(16)8-12/h6-7,10-13,16,18H,4-5,8-9H2,1-3H3/t12-,13-,16+/m0/s1. The van der Waals surface area contributed by atoms with Crippen LogP contribution in [0.25, 0.3) is 0 Å². The van der Waals surface area contributed by atoms with Crippen LogP contribution in [0.3, 0.4) is 0 Å². The molecule has 122 valence electrons. The van der Waals surface area contributed by atoms with Gasteiger partial charge in [-0.05, 0) is 60.8 Å². The Bertz CT molecular complexity index is 654. The first-order valence-corrected chi connectivity index (χ1v) is 9.59. The van der Waals surface area contributed by atoms with Crippen molar-refractivity contribution >= 4 is 10.0 Å². The molecular weight excluding hydrogens is 298 g/mol. The molecule has 0 amide bonds. The SMILES string of the molecule is COc1ccc(S(=O)(=O)N[C@@H]2C[C@H]3CC[C@H]2C3)cc1C(C)C. The average Bonchev–Trinajstić information content (AvgIpc) is 3.08. The monoisotopic (exact) mass is 323 g/mol. The molecule has 0 aromatic heterocycles. The van der Waals surface area contributed by atoms with Crippen molar-refractivity contribution in [2.24, 2.45) is 11.8 Å². The van der Waals surface area contributed by atoms with Gasteiger partial charge in [-0.2, -0.15) is 0 Å². The maximum atomic E-state index is 12.7. The molecule has 1 N–H and O–H groups in total. The van der Waals surface area contributed by atoms with Crippen LogP contribution in [0.1, 0.15) is 51.0 Å². The number of ether oxygens (including phenoxy) is 1. The van der Waals surface area contributed by atoms with Crippen LogP contribution >= 0.6 is 0 Å². The Hall–Kier alpha value is -1.07. The van der Waals surface area contributed by atoms with Crippen molar-refractivity contribution in [3.05, 3.63) is 23.8 Å². The Kier molecular flexibility index (Phi) is 4.21. The van der Waals surface area contributed by atoms with Crippen molar-refractivity contribution in [3.63, 3.8) is 0 Å². The van der Waals surface area contributed by atoms with E-state index in [1.54, 1.807) is 25.3 Å². The van der Waals surface area contributed by atoms with Crippen LogP contribution in [0.2, 0.25) is 0 Å². The van der Waals surface area contributed by atoms with Gasteiger partial charge < -0.3 is 4.74 Å². The molecule has 0 aliphatic heterocycles. The van der Waals surface area contributed by atoms with Gasteiger partial charge in [-0.3, -0.25) is 0 Å². The number of nitrogens with one attached hydrogen (secondary N) is 1. The Balaban J connectivity index is 1.84. The van der Waals surface area contributed by atoms with E-state index < -0.39 is 10.0 Å². The summed E-state index contributed by atoms with van der Waals surface area (Å²) in [5.74, 6) is 2.21. The fourth-order valence-electron chi connectivity index (χ4n) is 3.99. The van der Waals surface area contributed by atoms with E-state index in [2.05, 4.69) is 4.72 Å². The molecule has 2 fully saturated rings. The second kappa shape index (κ2) is 5.85. The molecule has 22 heavy (non-hydrogen) atoms. The zero-order valence-corrected chi connectivity index (χ0v) is 14.3. The minimum absolute atomic E-state index is 0.119. The maximum absolute atomic E-state index is 12.7. The smallest absolute Gasteiger partial charge is 0.240 e. The van der Waals surface area contributed by atoms with Crippen LogP contribution in [0.4, 0.5) is 0 Å². The zero-order chi connectivity index (χ0) is 15.9. The van der Waals surface area contributed by atoms with E-state index in [-0.39, 0.29) is 12.0 Å². The van der Waals surface area contributed by atoms with Gasteiger partial charge in [-0.25, -0.2) is 13.1 Å². The average molecular weight is 323 g/mol. The highest BCUT2D eigenvalue weighted by Gasteiger charge is 2.41. The van der Waals surface area contributed by atoms with E-state index in [0.717, 1.165) is 30.1 Å². The molecule has 3 atom stereocenters. The second-order valence-corrected chi connectivity index (χ2v) is 8.68. The Morgan fingerprint density at radius 1 is 1.23 bits per heavy atom. The van der Waals surface area contributed by atoms with Crippen molar-refractivity contribution in [1.82, 2.24) is 4.72 Å². The third kappa shape index (κ3) is 2.88. The molecule has 2 aliphatic carbocycles. The molecular formula is C17H25NO3S. The van der Waals surface area contributed by atoms with Crippen LogP contribution < -0.4 is 9.46 Å². The lowest BCUT2D eigenvalue weighted by molar-refractivity contribution is 0.390. The summed E-state index contributed by atoms with van der Waals surface area (Å²) in [5, 5.41) is 0. The molecule has 3 rings (SSSR count). The molecule has 2 saturated carbocycles. The number of rotatable bonds is 5. The van der Waals surface area contributed by atoms with Crippen molar-refractivity contribution in [1.29, 1.82) is 0 Å². The highest BCUT2D eigenvalue weighted by molar-refractivity contribution is 7.89. The van der Waals surface area contributed by atoms with Crippen molar-refractivity contribution in [3.8, 4) is 5.75 Å². The number of sulfonamides is 1. The lowest BCUT2D eigenvalue weighted by Crippen LogP contribution is -2.38. The Labute approximate surface area is 133 Å². The Morgan fingerprint density at radius 3 is 2.55 bits per heavy atom. The first-order chi connectivity index (χ1) is 10.4. The molecule has 0 saturated heterocycles. The van der Waals surface area contributed by atoms with E-state index in [1.807, 2.05) is 13.8 Å². The zero-order valence-electron chi connectivity index (χ0n) is 13.5. The van der Waals surface area contributed by atoms with Gasteiger partial charge in [0.05, 0.1) is 12.0 Å². The first kappa shape index (κ1) is 15.8. The first-order valence-electron chi connectivity index (χ1n) is 8.11. The van der Waals surface area contributed by atoms with Gasteiger partial charge in [-0.1, -0.05) is 20.3 Å². The molecule has 0 radical (unpaired) electrons. The van der Waals surface area contributed by atoms with Crippen molar-refractivity contribution in [2.45, 2.75) is 56.4 Å². The molecule has 4 nitrogen and oxygen atoms in total. The summed E-state index contributed by atoms with van der Waals surface area (Å²) in [5.41, 5.74) is 0.929. The summed E-state index contributed by atoms with van der Waals surface area (Å²) in [6.07, 6.45) is 4.62. The number of methoxy groups -OCH3 is 1. The lowest BCUT2D eigenvalue weighted by atomic mass is 9.96. The van der Waals surface area contributed by atoms with Gasteiger partial charge >= 0.3 is 0 Å². The van der Waals surface area contributed by atoms with E-state index >= 15 is 0 Å². The van der Waals surface area contributed by atoms with Gasteiger partial charge in [0.25, 0.3) is 0 Å². The van der Waals surface area contributed by atoms with Crippen molar-refractivity contribution < 1.29 is 13.2 Å². The van der Waals surface area contributed by atoms with E-state index in [4.69, 9.17) is 4.74 Å². The number of hydrogen-bond donors (Lipinski definition) is 1. The van der Waals surface area contributed by atoms with E-state index in [0.29, 0.717) is 10.8 Å². The number of fused-ring (bicyclic) bond motifs is 2. The Morgan fingerprint density at radius 2 is 2.00 bits per heavy atom. The molecule has 2 aliphatic rings. The normalized spacial score (nSPS) is 27.5. The van der Waals surface area contributed by atoms with Gasteiger partial charge in [-0.15, -0.1) is 0 Å². The molecule has 0 spiro atoms. The lowest BCUT2D eigenvalue weighted by Gasteiger charge is -2.23. The van der Waals surface area contributed by atoms with Crippen LogP contribution in [-0.4, -0.2) is 21.6 Å². The quantitative estimate of drug-likeness (QED) is 0.904. The molecule has 5 heteroatoms. The van der Waals surface area contributed by atoms with Crippen LogP contribution in [0, 0.1) is 11.8 Å². The van der Waals surface area contributed by atoms with Crippen LogP contribution in [0.5, 0.6) is 5.75 Å². The number of benzene rings is 1. The van der Waals surface area contributed by atoms with Crippen LogP contribution in [0.15, 0.2) is 23.1 Å². The number of hydrogen-bond acceptors (Lipinski definition) is 3. The summed E-state index contributed by atoms with van der Waals surface area (Å²) >= 11 is 0. The fourth-order valence-corrected chi connectivity index (χ4v) is 5.34. The topological polar surface area (TPSA) is 55.4 Å². The van der Waals surface area contributed by atoms with Gasteiger partial charge in [0.1, 0.15) is 5.75 Å². The predicted molar refractivity (Wildman–Crippen MR) is 86.6 cm³/mol. The molecule has 0 heterocycles. The molecule has 0 unspecified atom stereocenters. The van der Waals surface area contributed by atoms with Gasteiger partial charge in [0.15, 0.2) is 0 Å². The summed E-state index contributed by atoms with van der Waals surface area (Å²) in [6.45, 7) is 4.08. The third-order valence-electron chi connectivity index (χ3n) is 5.18. The molecule has 1 aromatic rings. The molecule has 2 bridgehead atoms. The summed E-state index contributed by atoms with van der Waals surface area (Å²) in [7, 11) is -1.84. The maximum Gasteiger partial charge on any atom is 0.240 e. The van der Waals surface area contributed by atoms with Gasteiger partial charge in [0.2, 0.25) is 10.0 Å². The summed E-state index contributed by atoms with van der Waals surface area (Å²) in [6, 6.07) is 5.26. The highest BCUT2D eigenvalue weighted by Crippen LogP contribution is 2.45. The second-order valence-electron chi connectivity index (χ2n) is 6.96. The van der Waals surface area contributed by atoms with Crippen LogP contribution in [-0.2, 0) is 10.0 Å². The van der Waals surface area contributed by atoms with E-state index in [9.17, 15) is 8.42 Å². The predicted octanol–water partition coefficient (Wildman–Crippen LogP) is 3.29. The minimum Gasteiger partial charge on any atom is -0.496 e. The highest BCUT2D eigenvalue weighted by atomic mass is 32.2.